The SMILES string of the molecule is CC1(CC(=O)O)CCc2cc(-c3ccc(NC(=O)Nc4cccc(Cl)c4)cc3F)ccc2C1=O. The van der Waals surface area contributed by atoms with Crippen molar-refractivity contribution in [1.29, 1.82) is 0 Å². The van der Waals surface area contributed by atoms with E-state index in [1.165, 1.54) is 6.07 Å². The molecule has 1 aliphatic rings. The number of carboxylic acid groups (broad SMARTS) is 1. The second kappa shape index (κ2) is 9.27. The van der Waals surface area contributed by atoms with Gasteiger partial charge in [0, 0.05) is 32.9 Å². The van der Waals surface area contributed by atoms with Gasteiger partial charge in [-0.3, -0.25) is 9.59 Å². The van der Waals surface area contributed by atoms with Crippen LogP contribution in [-0.2, 0) is 11.2 Å². The number of aryl methyl sites for hydroxylation is 1. The van der Waals surface area contributed by atoms with Crippen LogP contribution in [0.5, 0.6) is 0 Å². The predicted octanol–water partition coefficient (Wildman–Crippen LogP) is 6.40. The summed E-state index contributed by atoms with van der Waals surface area (Å²) in [6.45, 7) is 1.67. The highest BCUT2D eigenvalue weighted by molar-refractivity contribution is 6.30. The van der Waals surface area contributed by atoms with Crippen molar-refractivity contribution >= 4 is 40.8 Å². The van der Waals surface area contributed by atoms with E-state index < -0.39 is 23.2 Å². The molecule has 2 amide bonds. The lowest BCUT2D eigenvalue weighted by atomic mass is 9.69. The van der Waals surface area contributed by atoms with Gasteiger partial charge in [-0.2, -0.15) is 0 Å². The van der Waals surface area contributed by atoms with Crippen LogP contribution < -0.4 is 10.6 Å². The van der Waals surface area contributed by atoms with E-state index in [1.54, 1.807) is 61.5 Å². The van der Waals surface area contributed by atoms with E-state index in [0.717, 1.165) is 5.56 Å². The Balaban J connectivity index is 1.51. The Bertz CT molecular complexity index is 1310. The molecule has 0 bridgehead atoms. The van der Waals surface area contributed by atoms with E-state index in [-0.39, 0.29) is 17.9 Å². The number of fused-ring (bicyclic) bond motifs is 1. The fraction of sp³-hybridized carbons (Fsp3) is 0.192. The van der Waals surface area contributed by atoms with E-state index in [2.05, 4.69) is 10.6 Å². The number of urea groups is 1. The van der Waals surface area contributed by atoms with Crippen molar-refractivity contribution in [2.24, 2.45) is 5.41 Å². The highest BCUT2D eigenvalue weighted by Gasteiger charge is 2.40. The Morgan fingerprint density at radius 2 is 1.74 bits per heavy atom. The van der Waals surface area contributed by atoms with Gasteiger partial charge in [0.2, 0.25) is 0 Å². The Labute approximate surface area is 200 Å². The zero-order valence-electron chi connectivity index (χ0n) is 18.3. The first kappa shape index (κ1) is 23.4. The van der Waals surface area contributed by atoms with Crippen molar-refractivity contribution < 1.29 is 23.9 Å². The van der Waals surface area contributed by atoms with Crippen molar-refractivity contribution in [2.45, 2.75) is 26.2 Å². The number of aliphatic carboxylic acids is 1. The number of hydrogen-bond donors (Lipinski definition) is 3. The van der Waals surface area contributed by atoms with Gasteiger partial charge in [-0.15, -0.1) is 0 Å². The monoisotopic (exact) mass is 480 g/mol. The molecule has 0 saturated heterocycles. The molecular weight excluding hydrogens is 459 g/mol. The maximum absolute atomic E-state index is 14.9. The van der Waals surface area contributed by atoms with Crippen LogP contribution in [0.2, 0.25) is 5.02 Å². The third-order valence-electron chi connectivity index (χ3n) is 6.01. The second-order valence-corrected chi connectivity index (χ2v) is 9.05. The molecule has 8 heteroatoms. The first-order chi connectivity index (χ1) is 16.1. The molecule has 1 aliphatic carbocycles. The van der Waals surface area contributed by atoms with E-state index in [1.807, 2.05) is 0 Å². The molecule has 3 aromatic rings. The largest absolute Gasteiger partial charge is 0.481 e. The van der Waals surface area contributed by atoms with E-state index in [4.69, 9.17) is 16.7 Å². The highest BCUT2D eigenvalue weighted by Crippen LogP contribution is 2.39. The molecule has 0 saturated carbocycles. The summed E-state index contributed by atoms with van der Waals surface area (Å²) in [6, 6.07) is 15.6. The van der Waals surface area contributed by atoms with Gasteiger partial charge in [0.15, 0.2) is 5.78 Å². The van der Waals surface area contributed by atoms with Gasteiger partial charge in [0.1, 0.15) is 5.82 Å². The van der Waals surface area contributed by atoms with Crippen LogP contribution in [0.15, 0.2) is 60.7 Å². The summed E-state index contributed by atoms with van der Waals surface area (Å²) in [6.07, 6.45) is 0.728. The van der Waals surface area contributed by atoms with Crippen molar-refractivity contribution in [3.63, 3.8) is 0 Å². The van der Waals surface area contributed by atoms with Crippen LogP contribution in [0.1, 0.15) is 35.7 Å². The van der Waals surface area contributed by atoms with Crippen LogP contribution in [0.3, 0.4) is 0 Å². The average Bonchev–Trinajstić information content (AvgIpc) is 2.76. The minimum absolute atomic E-state index is 0.201. The third-order valence-corrected chi connectivity index (χ3v) is 6.24. The lowest BCUT2D eigenvalue weighted by Crippen LogP contribution is -2.35. The summed E-state index contributed by atoms with van der Waals surface area (Å²) in [4.78, 5) is 36.3. The third kappa shape index (κ3) is 4.94. The molecule has 1 unspecified atom stereocenters. The van der Waals surface area contributed by atoms with Crippen molar-refractivity contribution in [3.8, 4) is 11.1 Å². The molecule has 0 aliphatic heterocycles. The van der Waals surface area contributed by atoms with Crippen molar-refractivity contribution in [1.82, 2.24) is 0 Å². The molecule has 0 spiro atoms. The first-order valence-corrected chi connectivity index (χ1v) is 11.1. The summed E-state index contributed by atoms with van der Waals surface area (Å²) in [7, 11) is 0. The number of amides is 2. The van der Waals surface area contributed by atoms with Gasteiger partial charge in [-0.25, -0.2) is 9.18 Å². The van der Waals surface area contributed by atoms with E-state index in [9.17, 15) is 18.8 Å². The Kier molecular flexibility index (Phi) is 6.39. The number of ketones is 1. The van der Waals surface area contributed by atoms with Crippen LogP contribution >= 0.6 is 11.6 Å². The fourth-order valence-corrected chi connectivity index (χ4v) is 4.42. The van der Waals surface area contributed by atoms with Crippen molar-refractivity contribution in [2.75, 3.05) is 10.6 Å². The first-order valence-electron chi connectivity index (χ1n) is 10.7. The zero-order valence-corrected chi connectivity index (χ0v) is 19.1. The summed E-state index contributed by atoms with van der Waals surface area (Å²) < 4.78 is 14.9. The zero-order chi connectivity index (χ0) is 24.5. The number of Topliss-reactive ketones (excluding diaryl/α,β-unsaturated/α-hetero) is 1. The number of carboxylic acids is 1. The molecule has 6 nitrogen and oxygen atoms in total. The van der Waals surface area contributed by atoms with E-state index >= 15 is 0 Å². The number of carbonyl (C=O) groups excluding carboxylic acids is 2. The van der Waals surface area contributed by atoms with Gasteiger partial charge in [0.25, 0.3) is 0 Å². The number of nitrogens with one attached hydrogen (secondary N) is 2. The number of rotatable bonds is 5. The minimum atomic E-state index is -1.01. The molecular formula is C26H22ClFN2O4. The molecule has 34 heavy (non-hydrogen) atoms. The summed E-state index contributed by atoms with van der Waals surface area (Å²) >= 11 is 5.91. The van der Waals surface area contributed by atoms with E-state index in [0.29, 0.717) is 40.2 Å². The number of hydrogen-bond acceptors (Lipinski definition) is 3. The predicted molar refractivity (Wildman–Crippen MR) is 129 cm³/mol. The van der Waals surface area contributed by atoms with Crippen LogP contribution in [0.4, 0.5) is 20.6 Å². The van der Waals surface area contributed by atoms with Crippen LogP contribution in [0.25, 0.3) is 11.1 Å². The number of carbonyl (C=O) groups is 3. The molecule has 3 N–H and O–H groups in total. The Morgan fingerprint density at radius 3 is 2.41 bits per heavy atom. The number of benzene rings is 3. The molecule has 0 fully saturated rings. The number of anilines is 2. The average molecular weight is 481 g/mol. The van der Waals surface area contributed by atoms with Crippen molar-refractivity contribution in [3.05, 3.63) is 82.6 Å². The molecule has 3 aromatic carbocycles. The second-order valence-electron chi connectivity index (χ2n) is 8.62. The molecule has 1 atom stereocenters. The van der Waals surface area contributed by atoms with Gasteiger partial charge in [-0.1, -0.05) is 42.8 Å². The van der Waals surface area contributed by atoms with Gasteiger partial charge >= 0.3 is 12.0 Å². The summed E-state index contributed by atoms with van der Waals surface area (Å²) in [5, 5.41) is 14.8. The molecule has 0 radical (unpaired) electrons. The summed E-state index contributed by atoms with van der Waals surface area (Å²) in [5.74, 6) is -1.74. The Hall–Kier alpha value is -3.71. The topological polar surface area (TPSA) is 95.5 Å². The lowest BCUT2D eigenvalue weighted by molar-refractivity contribution is -0.139. The number of halogens is 2. The smallest absolute Gasteiger partial charge is 0.323 e. The van der Waals surface area contributed by atoms with Crippen LogP contribution in [-0.4, -0.2) is 22.9 Å². The lowest BCUT2D eigenvalue weighted by Gasteiger charge is -2.32. The summed E-state index contributed by atoms with van der Waals surface area (Å²) in [5.41, 5.74) is 2.02. The minimum Gasteiger partial charge on any atom is -0.481 e. The standard InChI is InChI=1S/C26H22ClFN2O4/c1-26(14-23(31)32)10-9-16-11-15(5-7-21(16)24(26)33)20-8-6-19(13-22(20)28)30-25(34)29-18-4-2-3-17(27)12-18/h2-8,11-13H,9-10,14H2,1H3,(H,31,32)(H2,29,30,34). The maximum atomic E-state index is 14.9. The fourth-order valence-electron chi connectivity index (χ4n) is 4.23. The molecule has 0 heterocycles. The van der Waals surface area contributed by atoms with Gasteiger partial charge < -0.3 is 15.7 Å². The molecule has 174 valence electrons. The van der Waals surface area contributed by atoms with Gasteiger partial charge in [0.05, 0.1) is 6.42 Å². The normalized spacial score (nSPS) is 17.1. The quantitative estimate of drug-likeness (QED) is 0.393. The maximum Gasteiger partial charge on any atom is 0.323 e. The molecule has 0 aromatic heterocycles. The Morgan fingerprint density at radius 1 is 1.03 bits per heavy atom. The van der Waals surface area contributed by atoms with Crippen LogP contribution in [0, 0.1) is 11.2 Å². The van der Waals surface area contributed by atoms with Gasteiger partial charge in [-0.05, 0) is 60.4 Å². The molecule has 4 rings (SSSR count). The highest BCUT2D eigenvalue weighted by atomic mass is 35.5.